The Kier molecular flexibility index (Phi) is 4.73. The average Bonchev–Trinajstić information content (AvgIpc) is 2.29. The summed E-state index contributed by atoms with van der Waals surface area (Å²) in [4.78, 5) is 22.9. The first-order valence-corrected chi connectivity index (χ1v) is 6.47. The van der Waals surface area contributed by atoms with E-state index in [9.17, 15) is 14.7 Å². The molecule has 1 amide bonds. The third-order valence-electron chi connectivity index (χ3n) is 3.70. The van der Waals surface area contributed by atoms with E-state index in [1.54, 1.807) is 0 Å². The Morgan fingerprint density at radius 1 is 1.22 bits per heavy atom. The summed E-state index contributed by atoms with van der Waals surface area (Å²) in [5.41, 5.74) is -1.61. The zero-order valence-electron chi connectivity index (χ0n) is 11.2. The van der Waals surface area contributed by atoms with Gasteiger partial charge in [-0.1, -0.05) is 19.3 Å². The number of aliphatic carboxylic acids is 1. The highest BCUT2D eigenvalue weighted by atomic mass is 16.4. The summed E-state index contributed by atoms with van der Waals surface area (Å²) >= 11 is 0. The van der Waals surface area contributed by atoms with Gasteiger partial charge in [-0.15, -0.1) is 0 Å². The molecule has 0 heterocycles. The minimum atomic E-state index is -1.07. The second kappa shape index (κ2) is 5.69. The molecule has 0 aromatic carbocycles. The molecule has 1 aliphatic carbocycles. The van der Waals surface area contributed by atoms with Crippen molar-refractivity contribution in [3.8, 4) is 0 Å². The van der Waals surface area contributed by atoms with Crippen molar-refractivity contribution in [1.82, 2.24) is 5.32 Å². The van der Waals surface area contributed by atoms with Gasteiger partial charge in [-0.25, -0.2) is 0 Å². The summed E-state index contributed by atoms with van der Waals surface area (Å²) in [6, 6.07) is 0. The van der Waals surface area contributed by atoms with Crippen LogP contribution in [0.2, 0.25) is 0 Å². The Hall–Kier alpha value is -1.10. The first-order chi connectivity index (χ1) is 8.31. The van der Waals surface area contributed by atoms with E-state index < -0.39 is 16.9 Å². The lowest BCUT2D eigenvalue weighted by molar-refractivity contribution is -0.150. The predicted molar refractivity (Wildman–Crippen MR) is 67.1 cm³/mol. The molecule has 1 saturated carbocycles. The number of carboxylic acids is 1. The molecule has 5 heteroatoms. The lowest BCUT2D eigenvalue weighted by Gasteiger charge is -2.37. The maximum atomic E-state index is 11.9. The summed E-state index contributed by atoms with van der Waals surface area (Å²) in [5.74, 6) is -1.28. The number of hydrogen-bond donors (Lipinski definition) is 3. The number of aliphatic hydroxyl groups is 1. The van der Waals surface area contributed by atoms with E-state index in [1.165, 1.54) is 13.8 Å². The van der Waals surface area contributed by atoms with E-state index in [0.29, 0.717) is 0 Å². The highest BCUT2D eigenvalue weighted by Gasteiger charge is 2.36. The third-order valence-corrected chi connectivity index (χ3v) is 3.70. The Morgan fingerprint density at radius 3 is 2.22 bits per heavy atom. The van der Waals surface area contributed by atoms with E-state index in [-0.39, 0.29) is 18.9 Å². The molecular formula is C13H23NO4. The first kappa shape index (κ1) is 15.0. The molecule has 18 heavy (non-hydrogen) atoms. The van der Waals surface area contributed by atoms with Crippen LogP contribution in [0.15, 0.2) is 0 Å². The molecular weight excluding hydrogens is 234 g/mol. The van der Waals surface area contributed by atoms with Crippen molar-refractivity contribution in [2.45, 2.75) is 57.9 Å². The summed E-state index contributed by atoms with van der Waals surface area (Å²) in [6.45, 7) is 2.98. The lowest BCUT2D eigenvalue weighted by Crippen LogP contribution is -2.53. The molecule has 0 bridgehead atoms. The van der Waals surface area contributed by atoms with Crippen molar-refractivity contribution in [2.24, 2.45) is 5.41 Å². The molecule has 0 atom stereocenters. The Bertz CT molecular complexity index is 319. The van der Waals surface area contributed by atoms with Crippen molar-refractivity contribution in [1.29, 1.82) is 0 Å². The molecule has 1 fully saturated rings. The maximum Gasteiger partial charge on any atom is 0.309 e. The number of carboxylic acid groups (broad SMARTS) is 1. The fourth-order valence-corrected chi connectivity index (χ4v) is 2.37. The predicted octanol–water partition coefficient (Wildman–Crippen LogP) is 1.30. The molecule has 0 radical (unpaired) electrons. The zero-order chi connectivity index (χ0) is 13.8. The highest BCUT2D eigenvalue weighted by molar-refractivity contribution is 5.84. The summed E-state index contributed by atoms with van der Waals surface area (Å²) in [7, 11) is 0. The van der Waals surface area contributed by atoms with Crippen molar-refractivity contribution in [2.75, 3.05) is 6.61 Å². The van der Waals surface area contributed by atoms with Crippen LogP contribution < -0.4 is 5.32 Å². The average molecular weight is 257 g/mol. The fourth-order valence-electron chi connectivity index (χ4n) is 2.37. The van der Waals surface area contributed by atoms with Crippen LogP contribution in [0.1, 0.15) is 52.4 Å². The van der Waals surface area contributed by atoms with Gasteiger partial charge in [-0.3, -0.25) is 9.59 Å². The van der Waals surface area contributed by atoms with Crippen LogP contribution >= 0.6 is 0 Å². The van der Waals surface area contributed by atoms with Crippen LogP contribution in [-0.4, -0.2) is 34.2 Å². The van der Waals surface area contributed by atoms with E-state index in [0.717, 1.165) is 32.1 Å². The zero-order valence-corrected chi connectivity index (χ0v) is 11.2. The second-order valence-corrected chi connectivity index (χ2v) is 5.91. The Labute approximate surface area is 108 Å². The number of nitrogens with one attached hydrogen (secondary N) is 1. The van der Waals surface area contributed by atoms with Crippen LogP contribution in [-0.2, 0) is 9.59 Å². The van der Waals surface area contributed by atoms with Crippen molar-refractivity contribution < 1.29 is 19.8 Å². The third kappa shape index (κ3) is 3.70. The lowest BCUT2D eigenvalue weighted by atomic mass is 9.81. The van der Waals surface area contributed by atoms with E-state index in [4.69, 9.17) is 5.11 Å². The summed E-state index contributed by atoms with van der Waals surface area (Å²) in [5, 5.41) is 21.3. The molecule has 1 aliphatic rings. The molecule has 0 spiro atoms. The minimum Gasteiger partial charge on any atom is -0.481 e. The normalized spacial score (nSPS) is 19.3. The number of rotatable bonds is 5. The van der Waals surface area contributed by atoms with Crippen molar-refractivity contribution in [3.63, 3.8) is 0 Å². The van der Waals surface area contributed by atoms with Crippen LogP contribution in [0, 0.1) is 5.41 Å². The molecule has 0 aromatic rings. The molecule has 1 rings (SSSR count). The smallest absolute Gasteiger partial charge is 0.309 e. The van der Waals surface area contributed by atoms with Crippen LogP contribution in [0.3, 0.4) is 0 Å². The van der Waals surface area contributed by atoms with Gasteiger partial charge < -0.3 is 15.5 Å². The summed E-state index contributed by atoms with van der Waals surface area (Å²) < 4.78 is 0. The summed E-state index contributed by atoms with van der Waals surface area (Å²) in [6.07, 6.45) is 4.57. The van der Waals surface area contributed by atoms with Gasteiger partial charge in [-0.2, -0.15) is 0 Å². The van der Waals surface area contributed by atoms with Gasteiger partial charge in [0.15, 0.2) is 0 Å². The standard InChI is InChI=1S/C13H23NO4/c1-12(2,11(17)18)8-10(16)14-13(9-15)6-4-3-5-7-13/h15H,3-9H2,1-2H3,(H,14,16)(H,17,18). The molecule has 0 aromatic heterocycles. The molecule has 0 aliphatic heterocycles. The number of carbonyl (C=O) groups excluding carboxylic acids is 1. The van der Waals surface area contributed by atoms with Crippen LogP contribution in [0.5, 0.6) is 0 Å². The van der Waals surface area contributed by atoms with Crippen molar-refractivity contribution in [3.05, 3.63) is 0 Å². The molecule has 0 saturated heterocycles. The maximum absolute atomic E-state index is 11.9. The minimum absolute atomic E-state index is 0.0654. The largest absolute Gasteiger partial charge is 0.481 e. The topological polar surface area (TPSA) is 86.6 Å². The number of amides is 1. The van der Waals surface area contributed by atoms with E-state index >= 15 is 0 Å². The first-order valence-electron chi connectivity index (χ1n) is 6.47. The van der Waals surface area contributed by atoms with Gasteiger partial charge in [0, 0.05) is 6.42 Å². The molecule has 5 nitrogen and oxygen atoms in total. The Balaban J connectivity index is 2.60. The number of hydrogen-bond acceptors (Lipinski definition) is 3. The van der Waals surface area contributed by atoms with Gasteiger partial charge in [0.05, 0.1) is 17.6 Å². The van der Waals surface area contributed by atoms with Gasteiger partial charge >= 0.3 is 5.97 Å². The van der Waals surface area contributed by atoms with E-state index in [1.807, 2.05) is 0 Å². The number of aliphatic hydroxyl groups excluding tert-OH is 1. The van der Waals surface area contributed by atoms with Crippen molar-refractivity contribution >= 4 is 11.9 Å². The Morgan fingerprint density at radius 2 is 1.78 bits per heavy atom. The van der Waals surface area contributed by atoms with Gasteiger partial charge in [0.2, 0.25) is 5.91 Å². The van der Waals surface area contributed by atoms with Crippen LogP contribution in [0.4, 0.5) is 0 Å². The van der Waals surface area contributed by atoms with E-state index in [2.05, 4.69) is 5.32 Å². The highest BCUT2D eigenvalue weighted by Crippen LogP contribution is 2.29. The number of carbonyl (C=O) groups is 2. The molecule has 3 N–H and O–H groups in total. The van der Waals surface area contributed by atoms with Gasteiger partial charge in [0.25, 0.3) is 0 Å². The fraction of sp³-hybridized carbons (Fsp3) is 0.846. The molecule has 0 unspecified atom stereocenters. The van der Waals surface area contributed by atoms with Gasteiger partial charge in [-0.05, 0) is 26.7 Å². The SMILES string of the molecule is CC(C)(CC(=O)NC1(CO)CCCCC1)C(=O)O. The molecule has 104 valence electrons. The second-order valence-electron chi connectivity index (χ2n) is 5.91. The van der Waals surface area contributed by atoms with Crippen LogP contribution in [0.25, 0.3) is 0 Å². The quantitative estimate of drug-likeness (QED) is 0.693. The van der Waals surface area contributed by atoms with Gasteiger partial charge in [0.1, 0.15) is 0 Å². The monoisotopic (exact) mass is 257 g/mol.